The van der Waals surface area contributed by atoms with E-state index in [9.17, 15) is 0 Å². The summed E-state index contributed by atoms with van der Waals surface area (Å²) in [6, 6.07) is 26.5. The molecule has 0 N–H and O–H groups in total. The first-order valence-electron chi connectivity index (χ1n) is 10.1. The van der Waals surface area contributed by atoms with Gasteiger partial charge in [0.05, 0.1) is 11.7 Å². The van der Waals surface area contributed by atoms with Crippen LogP contribution < -0.4 is 0 Å². The second-order valence-electron chi connectivity index (χ2n) is 7.32. The zero-order chi connectivity index (χ0) is 19.6. The number of rotatable bonds is 5. The summed E-state index contributed by atoms with van der Waals surface area (Å²) in [7, 11) is 0. The molecule has 3 atom stereocenters. The average Bonchev–Trinajstić information content (AvgIpc) is 3.35. The molecule has 2 aromatic carbocycles. The van der Waals surface area contributed by atoms with Crippen molar-refractivity contribution in [2.24, 2.45) is 4.99 Å². The summed E-state index contributed by atoms with van der Waals surface area (Å²) < 4.78 is 0. The number of pyridine rings is 1. The normalized spacial score (nSPS) is 23.1. The lowest BCUT2D eigenvalue weighted by Crippen LogP contribution is -2.35. The van der Waals surface area contributed by atoms with Crippen LogP contribution in [0.4, 0.5) is 0 Å². The second kappa shape index (κ2) is 8.25. The molecular formula is C24H23N3S2. The summed E-state index contributed by atoms with van der Waals surface area (Å²) in [6.45, 7) is 2.28. The molecule has 0 bridgehead atoms. The highest BCUT2D eigenvalue weighted by molar-refractivity contribution is 8.14. The minimum absolute atomic E-state index is 0.0562. The van der Waals surface area contributed by atoms with Crippen molar-refractivity contribution in [3.8, 4) is 0 Å². The smallest absolute Gasteiger partial charge is 0.160 e. The molecule has 1 aromatic heterocycles. The third-order valence-corrected chi connectivity index (χ3v) is 7.67. The fraction of sp³-hybridized carbons (Fsp3) is 0.250. The fourth-order valence-electron chi connectivity index (χ4n) is 4.07. The van der Waals surface area contributed by atoms with E-state index < -0.39 is 0 Å². The summed E-state index contributed by atoms with van der Waals surface area (Å²) in [5.41, 5.74) is 2.37. The summed E-state index contributed by atoms with van der Waals surface area (Å²) in [5, 5.41) is 1.18. The van der Waals surface area contributed by atoms with Gasteiger partial charge >= 0.3 is 0 Å². The van der Waals surface area contributed by atoms with Crippen LogP contribution in [0.3, 0.4) is 0 Å². The van der Waals surface area contributed by atoms with Gasteiger partial charge in [-0.1, -0.05) is 66.8 Å². The molecule has 3 heterocycles. The Balaban J connectivity index is 1.46. The van der Waals surface area contributed by atoms with Gasteiger partial charge in [-0.25, -0.2) is 0 Å². The summed E-state index contributed by atoms with van der Waals surface area (Å²) in [5.74, 6) is 1.13. The van der Waals surface area contributed by atoms with Crippen LogP contribution in [-0.4, -0.2) is 26.8 Å². The number of hydrogen-bond donors (Lipinski definition) is 0. The lowest BCUT2D eigenvalue weighted by atomic mass is 9.95. The first kappa shape index (κ1) is 18.8. The molecule has 3 aromatic rings. The van der Waals surface area contributed by atoms with Crippen LogP contribution in [0.2, 0.25) is 0 Å². The van der Waals surface area contributed by atoms with Gasteiger partial charge in [0.25, 0.3) is 0 Å². The Kier molecular flexibility index (Phi) is 5.34. The predicted octanol–water partition coefficient (Wildman–Crippen LogP) is 6.21. The van der Waals surface area contributed by atoms with Crippen molar-refractivity contribution >= 4 is 28.7 Å². The molecular weight excluding hydrogens is 394 g/mol. The van der Waals surface area contributed by atoms with E-state index in [1.807, 2.05) is 24.0 Å². The number of amidine groups is 1. The highest BCUT2D eigenvalue weighted by Crippen LogP contribution is 2.48. The van der Waals surface area contributed by atoms with E-state index in [0.29, 0.717) is 6.04 Å². The molecule has 146 valence electrons. The highest BCUT2D eigenvalue weighted by atomic mass is 32.2. The van der Waals surface area contributed by atoms with E-state index >= 15 is 0 Å². The minimum atomic E-state index is 0.0562. The Labute approximate surface area is 180 Å². The van der Waals surface area contributed by atoms with Crippen LogP contribution in [-0.2, 0) is 0 Å². The molecule has 1 fully saturated rings. The van der Waals surface area contributed by atoms with Crippen molar-refractivity contribution < 1.29 is 0 Å². The van der Waals surface area contributed by atoms with Gasteiger partial charge < -0.3 is 4.90 Å². The number of aromatic nitrogens is 1. The standard InChI is InChI=1S/C24H23N3S2/c1-2-18-16-28-24-26-22(21-10-6-7-15-25-21)23(27(18)24)17-11-13-20(14-12-17)29-19-8-4-3-5-9-19/h3-15,18,22-23H,2,16H2,1H3/t18-,22+,23+/m1/s1. The van der Waals surface area contributed by atoms with Crippen molar-refractivity contribution in [3.63, 3.8) is 0 Å². The van der Waals surface area contributed by atoms with Gasteiger partial charge in [-0.2, -0.15) is 0 Å². The van der Waals surface area contributed by atoms with Crippen molar-refractivity contribution in [1.29, 1.82) is 0 Å². The fourth-order valence-corrected chi connectivity index (χ4v) is 6.24. The number of nitrogens with zero attached hydrogens (tertiary/aromatic N) is 3. The molecule has 0 radical (unpaired) electrons. The molecule has 0 unspecified atom stereocenters. The first-order valence-corrected chi connectivity index (χ1v) is 11.9. The molecule has 0 saturated carbocycles. The zero-order valence-electron chi connectivity index (χ0n) is 16.3. The predicted molar refractivity (Wildman–Crippen MR) is 123 cm³/mol. The van der Waals surface area contributed by atoms with Crippen molar-refractivity contribution in [2.75, 3.05) is 5.75 Å². The van der Waals surface area contributed by atoms with Gasteiger partial charge in [0.2, 0.25) is 0 Å². The molecule has 1 saturated heterocycles. The Bertz CT molecular complexity index is 990. The molecule has 0 aliphatic carbocycles. The molecule has 3 nitrogen and oxygen atoms in total. The Morgan fingerprint density at radius 1 is 0.966 bits per heavy atom. The number of benzene rings is 2. The highest BCUT2D eigenvalue weighted by Gasteiger charge is 2.45. The van der Waals surface area contributed by atoms with Gasteiger partial charge in [-0.05, 0) is 48.4 Å². The van der Waals surface area contributed by atoms with E-state index in [0.717, 1.165) is 17.9 Å². The van der Waals surface area contributed by atoms with E-state index in [-0.39, 0.29) is 12.1 Å². The molecule has 0 amide bonds. The Morgan fingerprint density at radius 3 is 2.45 bits per heavy atom. The second-order valence-corrected chi connectivity index (χ2v) is 9.45. The maximum Gasteiger partial charge on any atom is 0.160 e. The van der Waals surface area contributed by atoms with Crippen LogP contribution in [0.5, 0.6) is 0 Å². The van der Waals surface area contributed by atoms with Crippen molar-refractivity contribution in [2.45, 2.75) is 41.3 Å². The van der Waals surface area contributed by atoms with E-state index in [1.165, 1.54) is 20.5 Å². The van der Waals surface area contributed by atoms with Crippen LogP contribution in [0, 0.1) is 0 Å². The summed E-state index contributed by atoms with van der Waals surface area (Å²) in [4.78, 5) is 14.8. The van der Waals surface area contributed by atoms with E-state index in [1.54, 1.807) is 11.8 Å². The van der Waals surface area contributed by atoms with Gasteiger partial charge in [0.15, 0.2) is 5.17 Å². The van der Waals surface area contributed by atoms with Crippen molar-refractivity contribution in [1.82, 2.24) is 9.88 Å². The van der Waals surface area contributed by atoms with E-state index in [4.69, 9.17) is 4.99 Å². The minimum Gasteiger partial charge on any atom is -0.338 e. The number of hydrogen-bond acceptors (Lipinski definition) is 5. The molecule has 5 rings (SSSR count). The van der Waals surface area contributed by atoms with Gasteiger partial charge in [-0.15, -0.1) is 0 Å². The number of thioether (sulfide) groups is 1. The lowest BCUT2D eigenvalue weighted by molar-refractivity contribution is 0.255. The van der Waals surface area contributed by atoms with Crippen LogP contribution >= 0.6 is 23.5 Å². The molecule has 5 heteroatoms. The summed E-state index contributed by atoms with van der Waals surface area (Å²) in [6.07, 6.45) is 3.01. The Hall–Kier alpha value is -2.24. The quantitative estimate of drug-likeness (QED) is 0.493. The van der Waals surface area contributed by atoms with Gasteiger partial charge in [0.1, 0.15) is 6.04 Å². The molecule has 29 heavy (non-hydrogen) atoms. The third kappa shape index (κ3) is 3.69. The molecule has 2 aliphatic rings. The van der Waals surface area contributed by atoms with Gasteiger partial charge in [0, 0.05) is 27.8 Å². The number of fused-ring (bicyclic) bond motifs is 1. The lowest BCUT2D eigenvalue weighted by Gasteiger charge is -2.32. The molecule has 2 aliphatic heterocycles. The maximum atomic E-state index is 5.10. The summed E-state index contributed by atoms with van der Waals surface area (Å²) >= 11 is 3.69. The monoisotopic (exact) mass is 417 g/mol. The third-order valence-electron chi connectivity index (χ3n) is 5.53. The largest absolute Gasteiger partial charge is 0.338 e. The van der Waals surface area contributed by atoms with Crippen LogP contribution in [0.15, 0.2) is 93.8 Å². The molecule has 0 spiro atoms. The van der Waals surface area contributed by atoms with E-state index in [2.05, 4.69) is 83.5 Å². The SMILES string of the molecule is CC[C@@H]1CSC2=N[C@@H](c3ccccn3)[C@H](c3ccc(Sc4ccccc4)cc3)N21. The van der Waals surface area contributed by atoms with Crippen LogP contribution in [0.1, 0.15) is 36.7 Å². The van der Waals surface area contributed by atoms with Crippen molar-refractivity contribution in [3.05, 3.63) is 90.3 Å². The first-order chi connectivity index (χ1) is 14.3. The number of aliphatic imine (C=N–C) groups is 1. The average molecular weight is 418 g/mol. The maximum absolute atomic E-state index is 5.10. The van der Waals surface area contributed by atoms with Crippen LogP contribution in [0.25, 0.3) is 0 Å². The Morgan fingerprint density at radius 2 is 1.72 bits per heavy atom. The zero-order valence-corrected chi connectivity index (χ0v) is 17.9. The van der Waals surface area contributed by atoms with Gasteiger partial charge in [-0.3, -0.25) is 9.98 Å². The topological polar surface area (TPSA) is 28.5 Å².